The summed E-state index contributed by atoms with van der Waals surface area (Å²) in [5, 5.41) is 19.0. The van der Waals surface area contributed by atoms with Gasteiger partial charge in [-0.3, -0.25) is 19.7 Å². The third-order valence-corrected chi connectivity index (χ3v) is 1.88. The Kier molecular flexibility index (Phi) is 4.04. The summed E-state index contributed by atoms with van der Waals surface area (Å²) < 4.78 is 4.66. The van der Waals surface area contributed by atoms with Crippen molar-refractivity contribution in [3.05, 3.63) is 28.0 Å². The lowest BCUT2D eigenvalue weighted by atomic mass is 10.3. The van der Waals surface area contributed by atoms with Gasteiger partial charge in [0.25, 0.3) is 5.91 Å². The van der Waals surface area contributed by atoms with Crippen molar-refractivity contribution in [2.24, 2.45) is 0 Å². The van der Waals surface area contributed by atoms with Gasteiger partial charge in [-0.1, -0.05) is 5.92 Å². The molecule has 0 saturated heterocycles. The van der Waals surface area contributed by atoms with Crippen molar-refractivity contribution in [3.8, 4) is 12.3 Å². The lowest BCUT2D eigenvalue weighted by Gasteiger charge is -2.15. The highest BCUT2D eigenvalue weighted by Crippen LogP contribution is 2.17. The van der Waals surface area contributed by atoms with Crippen LogP contribution in [-0.2, 0) is 4.79 Å². The van der Waals surface area contributed by atoms with Gasteiger partial charge in [0.2, 0.25) is 0 Å². The normalized spacial score (nSPS) is 9.50. The molecular formula is C10H8N2O6. The monoisotopic (exact) mass is 252 g/mol. The number of hydrogen-bond donors (Lipinski definition) is 1. The highest BCUT2D eigenvalue weighted by molar-refractivity contribution is 5.93. The lowest BCUT2D eigenvalue weighted by Crippen LogP contribution is -2.35. The third-order valence-electron chi connectivity index (χ3n) is 1.88. The van der Waals surface area contributed by atoms with Crippen LogP contribution in [0.2, 0.25) is 0 Å². The number of carbonyl (C=O) groups excluding carboxylic acids is 1. The van der Waals surface area contributed by atoms with Crippen LogP contribution in [0, 0.1) is 22.5 Å². The molecule has 0 aliphatic carbocycles. The number of carbonyl (C=O) groups is 2. The van der Waals surface area contributed by atoms with Crippen molar-refractivity contribution in [1.29, 1.82) is 0 Å². The van der Waals surface area contributed by atoms with E-state index < -0.39 is 29.2 Å². The first-order valence-corrected chi connectivity index (χ1v) is 4.64. The number of hydrogen-bond acceptors (Lipinski definition) is 5. The van der Waals surface area contributed by atoms with Gasteiger partial charge in [-0.15, -0.1) is 6.42 Å². The average molecular weight is 252 g/mol. The van der Waals surface area contributed by atoms with Gasteiger partial charge in [0.1, 0.15) is 11.5 Å². The summed E-state index contributed by atoms with van der Waals surface area (Å²) in [4.78, 5) is 32.7. The molecule has 1 aromatic heterocycles. The minimum atomic E-state index is -1.25. The van der Waals surface area contributed by atoms with Crippen LogP contribution in [-0.4, -0.2) is 39.9 Å². The molecule has 0 fully saturated rings. The fourth-order valence-electron chi connectivity index (χ4n) is 1.17. The molecule has 1 aromatic rings. The minimum absolute atomic E-state index is 0.236. The van der Waals surface area contributed by atoms with Gasteiger partial charge in [0, 0.05) is 0 Å². The summed E-state index contributed by atoms with van der Waals surface area (Å²) in [6.07, 6.45) is 5.00. The van der Waals surface area contributed by atoms with Crippen LogP contribution in [0.3, 0.4) is 0 Å². The van der Waals surface area contributed by atoms with Crippen molar-refractivity contribution in [2.75, 3.05) is 13.1 Å². The van der Waals surface area contributed by atoms with Gasteiger partial charge in [0.05, 0.1) is 12.6 Å². The van der Waals surface area contributed by atoms with E-state index in [1.807, 2.05) is 0 Å². The molecule has 1 rings (SSSR count). The molecule has 8 heteroatoms. The average Bonchev–Trinajstić information content (AvgIpc) is 2.76. The van der Waals surface area contributed by atoms with Gasteiger partial charge in [-0.2, -0.15) is 0 Å². The first-order valence-electron chi connectivity index (χ1n) is 4.64. The van der Waals surface area contributed by atoms with Crippen LogP contribution in [0.25, 0.3) is 0 Å². The van der Waals surface area contributed by atoms with Gasteiger partial charge < -0.3 is 14.4 Å². The SMILES string of the molecule is C#CCN(CC(=O)O)C(=O)c1ccc([N+](=O)[O-])o1. The first-order chi connectivity index (χ1) is 8.45. The third kappa shape index (κ3) is 3.08. The predicted octanol–water partition coefficient (Wildman–Crippen LogP) is 0.348. The highest BCUT2D eigenvalue weighted by Gasteiger charge is 2.23. The van der Waals surface area contributed by atoms with Crippen molar-refractivity contribution >= 4 is 17.8 Å². The number of terminal acetylenes is 1. The molecule has 0 radical (unpaired) electrons. The zero-order valence-corrected chi connectivity index (χ0v) is 9.03. The maximum Gasteiger partial charge on any atom is 0.433 e. The topological polar surface area (TPSA) is 114 Å². The quantitative estimate of drug-likeness (QED) is 0.459. The van der Waals surface area contributed by atoms with E-state index in [-0.39, 0.29) is 12.3 Å². The molecule has 8 nitrogen and oxygen atoms in total. The molecule has 0 atom stereocenters. The van der Waals surface area contributed by atoms with Crippen LogP contribution in [0.4, 0.5) is 5.88 Å². The van der Waals surface area contributed by atoms with Crippen LogP contribution >= 0.6 is 0 Å². The molecule has 0 aliphatic heterocycles. The molecule has 0 aromatic carbocycles. The summed E-state index contributed by atoms with van der Waals surface area (Å²) in [5.41, 5.74) is 0. The van der Waals surface area contributed by atoms with E-state index in [1.54, 1.807) is 0 Å². The van der Waals surface area contributed by atoms with Gasteiger partial charge in [-0.25, -0.2) is 0 Å². The molecule has 0 aliphatic rings. The summed E-state index contributed by atoms with van der Waals surface area (Å²) in [6, 6.07) is 2.09. The van der Waals surface area contributed by atoms with Gasteiger partial charge >= 0.3 is 11.9 Å². The van der Waals surface area contributed by atoms with Crippen LogP contribution in [0.15, 0.2) is 16.5 Å². The molecule has 1 heterocycles. The fourth-order valence-corrected chi connectivity index (χ4v) is 1.17. The van der Waals surface area contributed by atoms with Crippen molar-refractivity contribution in [2.45, 2.75) is 0 Å². The van der Waals surface area contributed by atoms with Crippen LogP contribution < -0.4 is 0 Å². The number of carboxylic acids is 1. The summed E-state index contributed by atoms with van der Waals surface area (Å²) in [7, 11) is 0. The zero-order chi connectivity index (χ0) is 13.7. The van der Waals surface area contributed by atoms with Crippen LogP contribution in [0.5, 0.6) is 0 Å². The maximum absolute atomic E-state index is 11.8. The second kappa shape index (κ2) is 5.49. The second-order valence-corrected chi connectivity index (χ2v) is 3.15. The predicted molar refractivity (Wildman–Crippen MR) is 57.7 cm³/mol. The zero-order valence-electron chi connectivity index (χ0n) is 9.03. The largest absolute Gasteiger partial charge is 0.480 e. The number of furan rings is 1. The second-order valence-electron chi connectivity index (χ2n) is 3.15. The van der Waals surface area contributed by atoms with E-state index in [1.165, 1.54) is 0 Å². The Labute approximate surface area is 101 Å². The van der Waals surface area contributed by atoms with Gasteiger partial charge in [0.15, 0.2) is 5.76 Å². The van der Waals surface area contributed by atoms with E-state index in [2.05, 4.69) is 10.3 Å². The molecule has 1 amide bonds. The van der Waals surface area contributed by atoms with E-state index in [0.29, 0.717) is 0 Å². The Balaban J connectivity index is 2.91. The van der Waals surface area contributed by atoms with E-state index >= 15 is 0 Å². The van der Waals surface area contributed by atoms with Gasteiger partial charge in [-0.05, 0) is 6.07 Å². The standard InChI is InChI=1S/C10H8N2O6/c1-2-5-11(6-9(13)14)10(15)7-3-4-8(18-7)12(16)17/h1,3-4H,5-6H2,(H,13,14). The molecule has 1 N–H and O–H groups in total. The number of nitrogens with zero attached hydrogens (tertiary/aromatic N) is 2. The summed E-state index contributed by atoms with van der Waals surface area (Å²) in [5.74, 6) is -0.884. The highest BCUT2D eigenvalue weighted by atomic mass is 16.6. The molecular weight excluding hydrogens is 244 g/mol. The van der Waals surface area contributed by atoms with Crippen molar-refractivity contribution in [1.82, 2.24) is 4.90 Å². The van der Waals surface area contributed by atoms with Crippen molar-refractivity contribution in [3.63, 3.8) is 0 Å². The Hall–Kier alpha value is -2.82. The Bertz CT molecular complexity index is 527. The number of carboxylic acid groups (broad SMARTS) is 1. The van der Waals surface area contributed by atoms with E-state index in [0.717, 1.165) is 17.0 Å². The maximum atomic E-state index is 11.8. The number of amides is 1. The molecule has 0 bridgehead atoms. The van der Waals surface area contributed by atoms with Crippen molar-refractivity contribution < 1.29 is 24.0 Å². The van der Waals surface area contributed by atoms with Crippen LogP contribution in [0.1, 0.15) is 10.6 Å². The first kappa shape index (κ1) is 13.2. The Morgan fingerprint density at radius 2 is 2.22 bits per heavy atom. The molecule has 18 heavy (non-hydrogen) atoms. The minimum Gasteiger partial charge on any atom is -0.480 e. The Morgan fingerprint density at radius 3 is 2.67 bits per heavy atom. The van der Waals surface area contributed by atoms with E-state index in [9.17, 15) is 19.7 Å². The molecule has 0 saturated carbocycles. The molecule has 0 unspecified atom stereocenters. The van der Waals surface area contributed by atoms with E-state index in [4.69, 9.17) is 11.5 Å². The smallest absolute Gasteiger partial charge is 0.433 e. The number of nitro groups is 1. The summed E-state index contributed by atoms with van der Waals surface area (Å²) >= 11 is 0. The lowest BCUT2D eigenvalue weighted by molar-refractivity contribution is -0.402. The summed E-state index contributed by atoms with van der Waals surface area (Å²) in [6.45, 7) is -0.850. The molecule has 94 valence electrons. The number of rotatable bonds is 5. The molecule has 0 spiro atoms. The number of aliphatic carboxylic acids is 1. The fraction of sp³-hybridized carbons (Fsp3) is 0.200. The Morgan fingerprint density at radius 1 is 1.56 bits per heavy atom.